The van der Waals surface area contributed by atoms with Crippen LogP contribution in [0, 0.1) is 28.6 Å². The van der Waals surface area contributed by atoms with E-state index in [2.05, 4.69) is 38.7 Å². The van der Waals surface area contributed by atoms with Crippen LogP contribution in [-0.4, -0.2) is 43.0 Å². The molecule has 0 amide bonds. The molecule has 3 saturated carbocycles. The van der Waals surface area contributed by atoms with Crippen LogP contribution in [0.3, 0.4) is 0 Å². The van der Waals surface area contributed by atoms with Crippen molar-refractivity contribution in [2.45, 2.75) is 85.2 Å². The van der Waals surface area contributed by atoms with Crippen molar-refractivity contribution in [1.82, 2.24) is 4.90 Å². The Morgan fingerprint density at radius 1 is 1.07 bits per heavy atom. The van der Waals surface area contributed by atoms with Gasteiger partial charge in [-0.25, -0.2) is 0 Å². The highest BCUT2D eigenvalue weighted by Crippen LogP contribution is 2.64. The van der Waals surface area contributed by atoms with E-state index in [4.69, 9.17) is 4.74 Å². The third-order valence-corrected chi connectivity index (χ3v) is 9.38. The van der Waals surface area contributed by atoms with E-state index >= 15 is 0 Å². The monoisotopic (exact) mass is 387 g/mol. The zero-order chi connectivity index (χ0) is 19.9. The second kappa shape index (κ2) is 7.87. The molecule has 6 atom stereocenters. The first-order chi connectivity index (χ1) is 13.4. The van der Waals surface area contributed by atoms with Crippen LogP contribution >= 0.6 is 0 Å². The first kappa shape index (κ1) is 20.6. The second-order valence-electron chi connectivity index (χ2n) is 10.4. The van der Waals surface area contributed by atoms with Crippen LogP contribution < -0.4 is 0 Å². The largest absolute Gasteiger partial charge is 0.377 e. The van der Waals surface area contributed by atoms with Crippen LogP contribution in [0.15, 0.2) is 11.6 Å². The van der Waals surface area contributed by atoms with Gasteiger partial charge in [0.2, 0.25) is 0 Å². The zero-order valence-electron chi connectivity index (χ0n) is 18.6. The fraction of sp³-hybridized carbons (Fsp3) is 0.880. The smallest absolute Gasteiger partial charge is 0.139 e. The average molecular weight is 388 g/mol. The number of hydrogen-bond donors (Lipinski definition) is 0. The Morgan fingerprint density at radius 3 is 2.57 bits per heavy atom. The van der Waals surface area contributed by atoms with Crippen LogP contribution in [0.2, 0.25) is 0 Å². The van der Waals surface area contributed by atoms with Gasteiger partial charge in [-0.05, 0) is 81.2 Å². The third kappa shape index (κ3) is 3.31. The number of ether oxygens (including phenoxy) is 1. The van der Waals surface area contributed by atoms with Gasteiger partial charge in [-0.3, -0.25) is 4.79 Å². The summed E-state index contributed by atoms with van der Waals surface area (Å²) >= 11 is 0. The molecule has 0 saturated heterocycles. The number of carbonyl (C=O) groups is 1. The average Bonchev–Trinajstić information content (AvgIpc) is 2.99. The summed E-state index contributed by atoms with van der Waals surface area (Å²) in [5.74, 6) is 2.65. The molecule has 4 aliphatic rings. The highest BCUT2D eigenvalue weighted by atomic mass is 16.5. The maximum atomic E-state index is 12.6. The second-order valence-corrected chi connectivity index (χ2v) is 10.4. The van der Waals surface area contributed by atoms with Gasteiger partial charge in [0.1, 0.15) is 5.78 Å². The molecule has 4 rings (SSSR count). The van der Waals surface area contributed by atoms with E-state index in [-0.39, 0.29) is 5.41 Å². The highest BCUT2D eigenvalue weighted by molar-refractivity contribution is 5.87. The van der Waals surface area contributed by atoms with Crippen molar-refractivity contribution in [3.05, 3.63) is 11.6 Å². The molecule has 3 nitrogen and oxygen atoms in total. The maximum absolute atomic E-state index is 12.6. The van der Waals surface area contributed by atoms with Gasteiger partial charge in [-0.2, -0.15) is 0 Å². The summed E-state index contributed by atoms with van der Waals surface area (Å²) in [7, 11) is 0. The minimum absolute atomic E-state index is 0.0167. The van der Waals surface area contributed by atoms with Gasteiger partial charge in [0.05, 0.1) is 12.7 Å². The fourth-order valence-corrected chi connectivity index (χ4v) is 7.52. The first-order valence-corrected chi connectivity index (χ1v) is 12.0. The van der Waals surface area contributed by atoms with Crippen LogP contribution in [0.5, 0.6) is 0 Å². The van der Waals surface area contributed by atoms with Crippen molar-refractivity contribution in [2.24, 2.45) is 28.6 Å². The molecule has 4 aliphatic carbocycles. The Kier molecular flexibility index (Phi) is 5.79. The van der Waals surface area contributed by atoms with Crippen molar-refractivity contribution in [1.29, 1.82) is 0 Å². The van der Waals surface area contributed by atoms with Crippen molar-refractivity contribution in [3.8, 4) is 0 Å². The summed E-state index contributed by atoms with van der Waals surface area (Å²) in [6, 6.07) is 0. The van der Waals surface area contributed by atoms with Gasteiger partial charge in [0, 0.05) is 18.4 Å². The van der Waals surface area contributed by atoms with Crippen molar-refractivity contribution in [3.63, 3.8) is 0 Å². The number of hydrogen-bond acceptors (Lipinski definition) is 3. The van der Waals surface area contributed by atoms with Crippen molar-refractivity contribution < 1.29 is 9.53 Å². The van der Waals surface area contributed by atoms with E-state index in [0.717, 1.165) is 51.4 Å². The summed E-state index contributed by atoms with van der Waals surface area (Å²) in [4.78, 5) is 15.1. The van der Waals surface area contributed by atoms with E-state index in [0.29, 0.717) is 29.1 Å². The third-order valence-electron chi connectivity index (χ3n) is 9.38. The van der Waals surface area contributed by atoms with E-state index < -0.39 is 0 Å². The molecule has 3 fully saturated rings. The quantitative estimate of drug-likeness (QED) is 0.583. The summed E-state index contributed by atoms with van der Waals surface area (Å²) < 4.78 is 6.41. The first-order valence-electron chi connectivity index (χ1n) is 12.0. The molecule has 0 N–H and O–H groups in total. The van der Waals surface area contributed by atoms with Crippen LogP contribution in [0.25, 0.3) is 0 Å². The zero-order valence-corrected chi connectivity index (χ0v) is 18.6. The minimum atomic E-state index is -0.0167. The van der Waals surface area contributed by atoms with Crippen LogP contribution in [-0.2, 0) is 9.53 Å². The van der Waals surface area contributed by atoms with E-state index in [1.54, 1.807) is 5.57 Å². The molecule has 3 heteroatoms. The van der Waals surface area contributed by atoms with Crippen LogP contribution in [0.1, 0.15) is 79.1 Å². The summed E-state index contributed by atoms with van der Waals surface area (Å²) in [6.07, 6.45) is 12.1. The number of carbonyl (C=O) groups excluding carboxylic acids is 1. The maximum Gasteiger partial charge on any atom is 0.139 e. The van der Waals surface area contributed by atoms with E-state index in [9.17, 15) is 4.79 Å². The molecule has 0 aromatic heterocycles. The molecule has 28 heavy (non-hydrogen) atoms. The molecule has 0 spiro atoms. The predicted octanol–water partition coefficient (Wildman–Crippen LogP) is 5.25. The van der Waals surface area contributed by atoms with Crippen LogP contribution in [0.4, 0.5) is 0 Å². The Bertz CT molecular complexity index is 624. The molecular weight excluding hydrogens is 346 g/mol. The number of fused-ring (bicyclic) bond motifs is 5. The normalized spacial score (nSPS) is 42.8. The number of ketones is 1. The molecule has 0 heterocycles. The molecule has 0 aromatic rings. The van der Waals surface area contributed by atoms with Gasteiger partial charge in [-0.15, -0.1) is 0 Å². The Hall–Kier alpha value is -0.670. The molecule has 0 bridgehead atoms. The summed E-state index contributed by atoms with van der Waals surface area (Å²) in [5, 5.41) is 0. The van der Waals surface area contributed by atoms with Gasteiger partial charge in [0.15, 0.2) is 0 Å². The number of likely N-dealkylation sites (N-methyl/N-ethyl adjacent to an activating group) is 1. The number of rotatable bonds is 6. The van der Waals surface area contributed by atoms with Gasteiger partial charge < -0.3 is 9.64 Å². The molecule has 0 radical (unpaired) electrons. The lowest BCUT2D eigenvalue weighted by Crippen LogP contribution is -2.51. The van der Waals surface area contributed by atoms with Crippen molar-refractivity contribution in [2.75, 3.05) is 26.2 Å². The van der Waals surface area contributed by atoms with Gasteiger partial charge >= 0.3 is 0 Å². The summed E-state index contributed by atoms with van der Waals surface area (Å²) in [5.41, 5.74) is 2.00. The lowest BCUT2D eigenvalue weighted by atomic mass is 9.48. The lowest BCUT2D eigenvalue weighted by molar-refractivity contribution is -0.132. The minimum Gasteiger partial charge on any atom is -0.377 e. The SMILES string of the molecule is CCN(CC)CCOC1CCC2=CCC3C4CCC(=O)C4(C)CCC3C2(C)C1. The predicted molar refractivity (Wildman–Crippen MR) is 114 cm³/mol. The lowest BCUT2D eigenvalue weighted by Gasteiger charge is -2.57. The van der Waals surface area contributed by atoms with E-state index in [1.165, 1.54) is 32.1 Å². The number of Topliss-reactive ketones (excluding diaryl/α,β-unsaturated/α-hetero) is 1. The molecular formula is C25H41NO2. The Labute approximate surface area is 172 Å². The highest BCUT2D eigenvalue weighted by Gasteiger charge is 2.58. The Balaban J connectivity index is 1.45. The standard InChI is InChI=1S/C25H41NO2/c1-5-26(6-2)15-16-28-19-9-7-18-8-10-20-21-11-12-23(27)24(21,3)14-13-22(20)25(18,4)17-19/h8,19-22H,5-7,9-17H2,1-4H3. The molecule has 6 unspecified atom stereocenters. The van der Waals surface area contributed by atoms with Gasteiger partial charge in [-0.1, -0.05) is 39.3 Å². The number of nitrogens with zero attached hydrogens (tertiary/aromatic N) is 1. The summed E-state index contributed by atoms with van der Waals surface area (Å²) in [6.45, 7) is 13.4. The molecule has 158 valence electrons. The van der Waals surface area contributed by atoms with Crippen molar-refractivity contribution >= 4 is 5.78 Å². The van der Waals surface area contributed by atoms with E-state index in [1.807, 2.05) is 0 Å². The topological polar surface area (TPSA) is 29.5 Å². The number of allylic oxidation sites excluding steroid dienone is 2. The van der Waals surface area contributed by atoms with Gasteiger partial charge in [0.25, 0.3) is 0 Å². The molecule has 0 aromatic carbocycles. The molecule has 0 aliphatic heterocycles. The fourth-order valence-electron chi connectivity index (χ4n) is 7.52. The Morgan fingerprint density at radius 2 is 1.82 bits per heavy atom.